The third-order valence-corrected chi connectivity index (χ3v) is 3.82. The monoisotopic (exact) mass is 333 g/mol. The van der Waals surface area contributed by atoms with E-state index >= 15 is 0 Å². The quantitative estimate of drug-likeness (QED) is 0.706. The number of nitrogens with two attached hydrogens (primary N) is 1. The molecular weight excluding hydrogens is 314 g/mol. The van der Waals surface area contributed by atoms with Crippen molar-refractivity contribution in [1.82, 2.24) is 15.4 Å². The number of nitrogens with zero attached hydrogens (tertiary/aromatic N) is 2. The minimum Gasteiger partial charge on any atom is -0.350 e. The summed E-state index contributed by atoms with van der Waals surface area (Å²) in [6.07, 6.45) is 0. The molecule has 0 spiro atoms. The van der Waals surface area contributed by atoms with Crippen LogP contribution < -0.4 is 16.5 Å². The van der Waals surface area contributed by atoms with E-state index in [0.29, 0.717) is 11.7 Å². The highest BCUT2D eigenvalue weighted by Crippen LogP contribution is 2.21. The average Bonchev–Trinajstić information content (AvgIpc) is 2.95. The van der Waals surface area contributed by atoms with Crippen LogP contribution in [-0.2, 0) is 11.3 Å². The molecule has 23 heavy (non-hydrogen) atoms. The van der Waals surface area contributed by atoms with Gasteiger partial charge < -0.3 is 11.1 Å². The summed E-state index contributed by atoms with van der Waals surface area (Å²) in [5, 5.41) is 6.32. The first-order valence-electron chi connectivity index (χ1n) is 7.06. The summed E-state index contributed by atoms with van der Waals surface area (Å²) in [6, 6.07) is 8.74. The molecule has 0 aliphatic carbocycles. The lowest BCUT2D eigenvalue weighted by Gasteiger charge is -2.25. The van der Waals surface area contributed by atoms with Gasteiger partial charge in [-0.3, -0.25) is 9.80 Å². The maximum absolute atomic E-state index is 11.6. The van der Waals surface area contributed by atoms with Crippen molar-refractivity contribution in [2.45, 2.75) is 26.4 Å². The van der Waals surface area contributed by atoms with Crippen molar-refractivity contribution in [2.24, 2.45) is 5.73 Å². The largest absolute Gasteiger partial charge is 0.350 e. The Bertz CT molecular complexity index is 674. The van der Waals surface area contributed by atoms with Gasteiger partial charge in [-0.05, 0) is 12.5 Å². The second-order valence-corrected chi connectivity index (χ2v) is 5.88. The van der Waals surface area contributed by atoms with E-state index in [1.54, 1.807) is 0 Å². The fourth-order valence-electron chi connectivity index (χ4n) is 1.95. The second kappa shape index (κ2) is 7.70. The third kappa shape index (κ3) is 5.04. The Labute approximate surface area is 138 Å². The van der Waals surface area contributed by atoms with Crippen LogP contribution in [0.15, 0.2) is 35.7 Å². The normalized spacial score (nSPS) is 11.7. The molecule has 3 amide bonds. The Morgan fingerprint density at radius 3 is 2.65 bits per heavy atom. The number of rotatable bonds is 6. The van der Waals surface area contributed by atoms with Gasteiger partial charge in [0.15, 0.2) is 5.13 Å². The number of thiazole rings is 1. The molecule has 1 unspecified atom stereocenters. The number of hydrazine groups is 1. The lowest BCUT2D eigenvalue weighted by atomic mass is 10.2. The van der Waals surface area contributed by atoms with Gasteiger partial charge in [-0.15, -0.1) is 11.3 Å². The van der Waals surface area contributed by atoms with Crippen LogP contribution in [0.25, 0.3) is 0 Å². The van der Waals surface area contributed by atoms with Crippen molar-refractivity contribution in [3.63, 3.8) is 0 Å². The van der Waals surface area contributed by atoms with Gasteiger partial charge in [-0.2, -0.15) is 0 Å². The van der Waals surface area contributed by atoms with Gasteiger partial charge in [0.25, 0.3) is 0 Å². The lowest BCUT2D eigenvalue weighted by molar-refractivity contribution is -0.114. The zero-order chi connectivity index (χ0) is 16.8. The Hall–Kier alpha value is -2.45. The third-order valence-electron chi connectivity index (χ3n) is 3.05. The van der Waals surface area contributed by atoms with Crippen molar-refractivity contribution in [3.05, 3.63) is 47.0 Å². The second-order valence-electron chi connectivity index (χ2n) is 5.02. The summed E-state index contributed by atoms with van der Waals surface area (Å²) in [5.41, 5.74) is 10.2. The molecule has 7 nitrogen and oxygen atoms in total. The summed E-state index contributed by atoms with van der Waals surface area (Å²) in [5.74, 6) is -0.172. The molecule has 8 heteroatoms. The van der Waals surface area contributed by atoms with Crippen LogP contribution in [-0.4, -0.2) is 21.9 Å². The SMILES string of the molecule is CC(=O)Nc1nc(C(C)NN(Cc2ccccc2)C(N)=O)cs1. The molecular formula is C15H19N5O2S. The van der Waals surface area contributed by atoms with E-state index in [1.807, 2.05) is 42.6 Å². The highest BCUT2D eigenvalue weighted by molar-refractivity contribution is 7.13. The molecule has 1 heterocycles. The van der Waals surface area contributed by atoms with Gasteiger partial charge in [0, 0.05) is 12.3 Å². The minimum absolute atomic E-state index is 0.172. The van der Waals surface area contributed by atoms with Crippen molar-refractivity contribution in [3.8, 4) is 0 Å². The molecule has 1 atom stereocenters. The fourth-order valence-corrected chi connectivity index (χ4v) is 2.80. The first kappa shape index (κ1) is 16.9. The molecule has 0 aliphatic heterocycles. The fraction of sp³-hybridized carbons (Fsp3) is 0.267. The van der Waals surface area contributed by atoms with E-state index in [4.69, 9.17) is 5.73 Å². The maximum atomic E-state index is 11.6. The summed E-state index contributed by atoms with van der Waals surface area (Å²) in [4.78, 5) is 27.0. The summed E-state index contributed by atoms with van der Waals surface area (Å²) in [6.45, 7) is 3.65. The number of urea groups is 1. The molecule has 0 fully saturated rings. The van der Waals surface area contributed by atoms with E-state index in [2.05, 4.69) is 15.7 Å². The van der Waals surface area contributed by atoms with Crippen LogP contribution in [0.3, 0.4) is 0 Å². The molecule has 0 saturated heterocycles. The average molecular weight is 333 g/mol. The Kier molecular flexibility index (Phi) is 5.67. The van der Waals surface area contributed by atoms with Gasteiger partial charge in [0.2, 0.25) is 5.91 Å². The first-order valence-corrected chi connectivity index (χ1v) is 7.93. The predicted molar refractivity (Wildman–Crippen MR) is 89.5 cm³/mol. The lowest BCUT2D eigenvalue weighted by Crippen LogP contribution is -2.46. The number of hydrogen-bond acceptors (Lipinski definition) is 5. The Morgan fingerprint density at radius 1 is 1.35 bits per heavy atom. The van der Waals surface area contributed by atoms with Crippen LogP contribution in [0.5, 0.6) is 0 Å². The highest BCUT2D eigenvalue weighted by atomic mass is 32.1. The molecule has 0 bridgehead atoms. The number of carbonyl (C=O) groups excluding carboxylic acids is 2. The first-order chi connectivity index (χ1) is 11.0. The van der Waals surface area contributed by atoms with E-state index < -0.39 is 6.03 Å². The van der Waals surface area contributed by atoms with Gasteiger partial charge in [-0.1, -0.05) is 30.3 Å². The van der Waals surface area contributed by atoms with Gasteiger partial charge in [0.1, 0.15) is 0 Å². The van der Waals surface area contributed by atoms with E-state index in [1.165, 1.54) is 23.3 Å². The zero-order valence-electron chi connectivity index (χ0n) is 12.9. The van der Waals surface area contributed by atoms with Crippen LogP contribution >= 0.6 is 11.3 Å². The van der Waals surface area contributed by atoms with Crippen molar-refractivity contribution in [1.29, 1.82) is 0 Å². The van der Waals surface area contributed by atoms with Crippen molar-refractivity contribution >= 4 is 28.4 Å². The molecule has 0 radical (unpaired) electrons. The molecule has 2 aromatic rings. The number of hydrogen-bond donors (Lipinski definition) is 3. The smallest absolute Gasteiger partial charge is 0.329 e. The van der Waals surface area contributed by atoms with Crippen LogP contribution in [0.2, 0.25) is 0 Å². The number of aromatic nitrogens is 1. The Balaban J connectivity index is 2.03. The molecule has 2 rings (SSSR count). The van der Waals surface area contributed by atoms with E-state index in [9.17, 15) is 9.59 Å². The van der Waals surface area contributed by atoms with Crippen LogP contribution in [0.4, 0.5) is 9.93 Å². The summed E-state index contributed by atoms with van der Waals surface area (Å²) < 4.78 is 0. The number of anilines is 1. The number of carbonyl (C=O) groups is 2. The number of benzene rings is 1. The standard InChI is InChI=1S/C15H19N5O2S/c1-10(13-9-23-15(18-13)17-11(2)21)19-20(14(16)22)8-12-6-4-3-5-7-12/h3-7,9-10,19H,8H2,1-2H3,(H2,16,22)(H,17,18,21). The van der Waals surface area contributed by atoms with Crippen LogP contribution in [0.1, 0.15) is 31.1 Å². The molecule has 4 N–H and O–H groups in total. The highest BCUT2D eigenvalue weighted by Gasteiger charge is 2.17. The number of primary amides is 1. The topological polar surface area (TPSA) is 100 Å². The number of nitrogens with one attached hydrogen (secondary N) is 2. The summed E-state index contributed by atoms with van der Waals surface area (Å²) >= 11 is 1.33. The van der Waals surface area contributed by atoms with E-state index in [-0.39, 0.29) is 11.9 Å². The summed E-state index contributed by atoms with van der Waals surface area (Å²) in [7, 11) is 0. The molecule has 1 aromatic heterocycles. The predicted octanol–water partition coefficient (Wildman–Crippen LogP) is 2.25. The van der Waals surface area contributed by atoms with Crippen molar-refractivity contribution in [2.75, 3.05) is 5.32 Å². The van der Waals surface area contributed by atoms with Crippen LogP contribution in [0, 0.1) is 0 Å². The van der Waals surface area contributed by atoms with Gasteiger partial charge in [0.05, 0.1) is 18.3 Å². The zero-order valence-corrected chi connectivity index (χ0v) is 13.8. The number of amides is 3. The van der Waals surface area contributed by atoms with Crippen molar-refractivity contribution < 1.29 is 9.59 Å². The Morgan fingerprint density at radius 2 is 2.04 bits per heavy atom. The molecule has 122 valence electrons. The van der Waals surface area contributed by atoms with Gasteiger partial charge in [-0.25, -0.2) is 15.2 Å². The minimum atomic E-state index is -0.571. The molecule has 0 aliphatic rings. The molecule has 0 saturated carbocycles. The molecule has 1 aromatic carbocycles. The maximum Gasteiger partial charge on any atom is 0.329 e. The van der Waals surface area contributed by atoms with E-state index in [0.717, 1.165) is 11.3 Å². The van der Waals surface area contributed by atoms with Gasteiger partial charge >= 0.3 is 6.03 Å².